The van der Waals surface area contributed by atoms with Crippen LogP contribution in [0, 0.1) is 5.92 Å². The Bertz CT molecular complexity index is 415. The van der Waals surface area contributed by atoms with Crippen LogP contribution in [0.5, 0.6) is 0 Å². The topological polar surface area (TPSA) is 21.3 Å². The van der Waals surface area contributed by atoms with Crippen molar-refractivity contribution < 1.29 is 4.74 Å². The Morgan fingerprint density at radius 2 is 2.05 bits per heavy atom. The van der Waals surface area contributed by atoms with Gasteiger partial charge in [0.05, 0.1) is 12.2 Å². The summed E-state index contributed by atoms with van der Waals surface area (Å²) in [5, 5.41) is 3.51. The number of rotatable bonds is 7. The maximum absolute atomic E-state index is 6.44. The Hall–Kier alpha value is -0.380. The lowest BCUT2D eigenvalue weighted by molar-refractivity contribution is -0.0362. The molecule has 2 nitrogen and oxygen atoms in total. The standard InChI is InChI=1S/C18H28BrNO/c1-3-11-20-13-18(15-5-4-6-16(19)12-15)21-17-9-7-14(2)8-10-17/h4-6,12,14,17-18,20H,3,7-11,13H2,1-2H3. The highest BCUT2D eigenvalue weighted by Gasteiger charge is 2.23. The first-order chi connectivity index (χ1) is 10.2. The van der Waals surface area contributed by atoms with Crippen molar-refractivity contribution in [1.29, 1.82) is 0 Å². The van der Waals surface area contributed by atoms with Gasteiger partial charge in [-0.25, -0.2) is 0 Å². The van der Waals surface area contributed by atoms with Crippen molar-refractivity contribution in [3.05, 3.63) is 34.3 Å². The first kappa shape index (κ1) is 17.0. The van der Waals surface area contributed by atoms with Crippen LogP contribution in [0.1, 0.15) is 57.6 Å². The van der Waals surface area contributed by atoms with Crippen molar-refractivity contribution in [2.45, 2.75) is 58.2 Å². The molecule has 1 atom stereocenters. The normalized spacial score (nSPS) is 24.0. The highest BCUT2D eigenvalue weighted by atomic mass is 79.9. The molecule has 0 aliphatic heterocycles. The van der Waals surface area contributed by atoms with E-state index in [1.807, 2.05) is 0 Å². The molecule has 1 aromatic carbocycles. The third kappa shape index (κ3) is 5.72. The SMILES string of the molecule is CCCNCC(OC1CCC(C)CC1)c1cccc(Br)c1. The van der Waals surface area contributed by atoms with E-state index < -0.39 is 0 Å². The third-order valence-electron chi connectivity index (χ3n) is 4.30. The lowest BCUT2D eigenvalue weighted by atomic mass is 9.89. The molecule has 2 rings (SSSR count). The monoisotopic (exact) mass is 353 g/mol. The van der Waals surface area contributed by atoms with Gasteiger partial charge in [-0.05, 0) is 62.3 Å². The molecule has 1 saturated carbocycles. The Labute approximate surface area is 137 Å². The summed E-state index contributed by atoms with van der Waals surface area (Å²) >= 11 is 3.57. The molecule has 0 bridgehead atoms. The van der Waals surface area contributed by atoms with Crippen LogP contribution in [0.25, 0.3) is 0 Å². The molecule has 1 aromatic rings. The molecule has 0 saturated heterocycles. The van der Waals surface area contributed by atoms with Crippen LogP contribution in [-0.2, 0) is 4.74 Å². The van der Waals surface area contributed by atoms with Crippen molar-refractivity contribution in [2.75, 3.05) is 13.1 Å². The Morgan fingerprint density at radius 3 is 2.71 bits per heavy atom. The van der Waals surface area contributed by atoms with E-state index in [0.29, 0.717) is 6.10 Å². The molecule has 0 spiro atoms. The van der Waals surface area contributed by atoms with E-state index in [9.17, 15) is 0 Å². The van der Waals surface area contributed by atoms with Gasteiger partial charge in [0.15, 0.2) is 0 Å². The van der Waals surface area contributed by atoms with Gasteiger partial charge in [0.25, 0.3) is 0 Å². The minimum atomic E-state index is 0.160. The van der Waals surface area contributed by atoms with E-state index in [0.717, 1.165) is 29.9 Å². The summed E-state index contributed by atoms with van der Waals surface area (Å²) in [7, 11) is 0. The van der Waals surface area contributed by atoms with E-state index in [2.05, 4.69) is 59.4 Å². The molecule has 0 radical (unpaired) electrons. The van der Waals surface area contributed by atoms with Crippen molar-refractivity contribution in [1.82, 2.24) is 5.32 Å². The number of halogens is 1. The largest absolute Gasteiger partial charge is 0.369 e. The smallest absolute Gasteiger partial charge is 0.0953 e. The van der Waals surface area contributed by atoms with Crippen molar-refractivity contribution >= 4 is 15.9 Å². The van der Waals surface area contributed by atoms with Crippen molar-refractivity contribution in [3.63, 3.8) is 0 Å². The van der Waals surface area contributed by atoms with Crippen LogP contribution in [0.4, 0.5) is 0 Å². The van der Waals surface area contributed by atoms with Gasteiger partial charge in [0, 0.05) is 11.0 Å². The number of nitrogens with one attached hydrogen (secondary N) is 1. The summed E-state index contributed by atoms with van der Waals surface area (Å²) in [6, 6.07) is 8.53. The molecular weight excluding hydrogens is 326 g/mol. The highest BCUT2D eigenvalue weighted by molar-refractivity contribution is 9.10. The zero-order valence-electron chi connectivity index (χ0n) is 13.3. The molecule has 1 fully saturated rings. The Balaban J connectivity index is 1.98. The summed E-state index contributed by atoms with van der Waals surface area (Å²) < 4.78 is 7.57. The van der Waals surface area contributed by atoms with Gasteiger partial charge in [0.2, 0.25) is 0 Å². The van der Waals surface area contributed by atoms with E-state index in [1.165, 1.54) is 31.2 Å². The Morgan fingerprint density at radius 1 is 1.29 bits per heavy atom. The van der Waals surface area contributed by atoms with E-state index >= 15 is 0 Å². The van der Waals surface area contributed by atoms with Gasteiger partial charge in [-0.15, -0.1) is 0 Å². The minimum absolute atomic E-state index is 0.160. The van der Waals surface area contributed by atoms with Crippen LogP contribution < -0.4 is 5.32 Å². The molecule has 0 aromatic heterocycles. The maximum atomic E-state index is 6.44. The molecule has 0 heterocycles. The lowest BCUT2D eigenvalue weighted by Crippen LogP contribution is -2.29. The number of hydrogen-bond donors (Lipinski definition) is 1. The molecule has 0 amide bonds. The summed E-state index contributed by atoms with van der Waals surface area (Å²) in [5.74, 6) is 0.868. The van der Waals surface area contributed by atoms with Crippen LogP contribution in [0.3, 0.4) is 0 Å². The van der Waals surface area contributed by atoms with Gasteiger partial charge >= 0.3 is 0 Å². The zero-order valence-corrected chi connectivity index (χ0v) is 14.9. The number of ether oxygens (including phenoxy) is 1. The third-order valence-corrected chi connectivity index (χ3v) is 4.79. The summed E-state index contributed by atoms with van der Waals surface area (Å²) in [5.41, 5.74) is 1.27. The lowest BCUT2D eigenvalue weighted by Gasteiger charge is -2.30. The summed E-state index contributed by atoms with van der Waals surface area (Å²) in [6.45, 7) is 6.50. The zero-order chi connectivity index (χ0) is 15.1. The molecular formula is C18H28BrNO. The van der Waals surface area contributed by atoms with Crippen LogP contribution >= 0.6 is 15.9 Å². The second kappa shape index (κ2) is 8.92. The average Bonchev–Trinajstić information content (AvgIpc) is 2.48. The summed E-state index contributed by atoms with van der Waals surface area (Å²) in [4.78, 5) is 0. The van der Waals surface area contributed by atoms with Gasteiger partial charge < -0.3 is 10.1 Å². The minimum Gasteiger partial charge on any atom is -0.369 e. The summed E-state index contributed by atoms with van der Waals surface area (Å²) in [6.07, 6.45) is 6.77. The van der Waals surface area contributed by atoms with Crippen LogP contribution in [0.2, 0.25) is 0 Å². The second-order valence-electron chi connectivity index (χ2n) is 6.27. The number of hydrogen-bond acceptors (Lipinski definition) is 2. The van der Waals surface area contributed by atoms with E-state index in [1.54, 1.807) is 0 Å². The van der Waals surface area contributed by atoms with E-state index in [-0.39, 0.29) is 6.10 Å². The molecule has 118 valence electrons. The average molecular weight is 354 g/mol. The van der Waals surface area contributed by atoms with E-state index in [4.69, 9.17) is 4.74 Å². The fourth-order valence-electron chi connectivity index (χ4n) is 2.96. The first-order valence-corrected chi connectivity index (χ1v) is 9.10. The molecule has 1 N–H and O–H groups in total. The molecule has 3 heteroatoms. The van der Waals surface area contributed by atoms with Crippen molar-refractivity contribution in [3.8, 4) is 0 Å². The van der Waals surface area contributed by atoms with Crippen molar-refractivity contribution in [2.24, 2.45) is 5.92 Å². The molecule has 1 aliphatic rings. The van der Waals surface area contributed by atoms with Gasteiger partial charge in [-0.2, -0.15) is 0 Å². The quantitative estimate of drug-likeness (QED) is 0.689. The van der Waals surface area contributed by atoms with Gasteiger partial charge in [-0.3, -0.25) is 0 Å². The Kier molecular flexibility index (Phi) is 7.21. The predicted octanol–water partition coefficient (Wildman–Crippen LogP) is 5.09. The highest BCUT2D eigenvalue weighted by Crippen LogP contribution is 2.30. The fourth-order valence-corrected chi connectivity index (χ4v) is 3.38. The van der Waals surface area contributed by atoms with Gasteiger partial charge in [0.1, 0.15) is 0 Å². The number of benzene rings is 1. The van der Waals surface area contributed by atoms with Crippen LogP contribution in [0.15, 0.2) is 28.7 Å². The maximum Gasteiger partial charge on any atom is 0.0953 e. The fraction of sp³-hybridized carbons (Fsp3) is 0.667. The van der Waals surface area contributed by atoms with Gasteiger partial charge in [-0.1, -0.05) is 41.9 Å². The van der Waals surface area contributed by atoms with Crippen LogP contribution in [-0.4, -0.2) is 19.2 Å². The first-order valence-electron chi connectivity index (χ1n) is 8.30. The molecule has 1 unspecified atom stereocenters. The second-order valence-corrected chi connectivity index (χ2v) is 7.18. The predicted molar refractivity (Wildman–Crippen MR) is 92.5 cm³/mol. The molecule has 21 heavy (non-hydrogen) atoms. The molecule has 1 aliphatic carbocycles.